The first-order chi connectivity index (χ1) is 21.8. The molecule has 6 atom stereocenters. The van der Waals surface area contributed by atoms with Gasteiger partial charge in [0.25, 0.3) is 11.1 Å². The Bertz CT molecular complexity index is 1810. The Balaban J connectivity index is 1.38. The van der Waals surface area contributed by atoms with E-state index in [4.69, 9.17) is 24.3 Å². The van der Waals surface area contributed by atoms with Crippen molar-refractivity contribution in [3.8, 4) is 0 Å². The Hall–Kier alpha value is -3.16. The van der Waals surface area contributed by atoms with Gasteiger partial charge in [-0.3, -0.25) is 33.3 Å². The Kier molecular flexibility index (Phi) is 10.3. The molecule has 5 N–H and O–H groups in total. The summed E-state index contributed by atoms with van der Waals surface area (Å²) < 4.78 is 58.4. The Morgan fingerprint density at radius 2 is 1.78 bits per heavy atom. The van der Waals surface area contributed by atoms with E-state index in [2.05, 4.69) is 25.3 Å². The molecule has 2 aliphatic rings. The van der Waals surface area contributed by atoms with E-state index in [1.54, 1.807) is 39.8 Å². The zero-order valence-corrected chi connectivity index (χ0v) is 27.8. The molecular weight excluding hydrogens is 648 g/mol. The summed E-state index contributed by atoms with van der Waals surface area (Å²) in [4.78, 5) is 49.8. The van der Waals surface area contributed by atoms with Crippen molar-refractivity contribution >= 4 is 33.0 Å². The van der Waals surface area contributed by atoms with Crippen molar-refractivity contribution in [3.05, 3.63) is 49.3 Å². The van der Waals surface area contributed by atoms with Crippen LogP contribution in [0.2, 0.25) is 0 Å². The molecule has 0 saturated carbocycles. The van der Waals surface area contributed by atoms with Gasteiger partial charge in [-0.2, -0.15) is 4.98 Å². The zero-order chi connectivity index (χ0) is 33.3. The number of ether oxygens (including phenoxy) is 2. The number of nitrogens with one attached hydrogen (secondary N) is 3. The van der Waals surface area contributed by atoms with E-state index in [0.717, 1.165) is 0 Å². The average molecular weight is 687 g/mol. The molecule has 2 saturated heterocycles. The molecule has 0 radical (unpaired) electrons. The van der Waals surface area contributed by atoms with Gasteiger partial charge in [-0.15, -0.1) is 4.52 Å². The predicted molar refractivity (Wildman–Crippen MR) is 165 cm³/mol. The van der Waals surface area contributed by atoms with Gasteiger partial charge in [0.15, 0.2) is 17.4 Å². The summed E-state index contributed by atoms with van der Waals surface area (Å²) in [5, 5.41) is 3.19. The number of H-pyrrole nitrogens is 2. The maximum absolute atomic E-state index is 14.7. The SMILES string of the molecule is Cc1cn([C@H]2CNC[C@@H](COP(=O)(N(C)C)N3C[C@@H](CO[P+](=O)N(C)C)O[C@@H](n4cnc5c(=O)[nH]c(N)nc54)C3)O2)c(=O)[nH]c1=O. The predicted octanol–water partition coefficient (Wildman–Crippen LogP) is -0.831. The standard InChI is InChI=1S/C24H37N11O9P2/c1-14-8-34(24(38)30-21(14)36)17-7-26-6-15(43-17)12-42-46(40,32(4)5)33-9-16(11-41-45(39)31(2)3)44-18(10-33)35-13-27-19-20(35)28-23(25)29-22(19)37/h8,13,15-18,26H,6-7,9-12H2,1-5H3,(H3-,25,28,29,30,36,37,38)/p+1/t15-,16-,17+,18+,46?/m0/s1. The van der Waals surface area contributed by atoms with Crippen LogP contribution in [0.3, 0.4) is 0 Å². The van der Waals surface area contributed by atoms with E-state index in [1.807, 2.05) is 0 Å². The number of aromatic nitrogens is 6. The first-order valence-corrected chi connectivity index (χ1v) is 16.9. The maximum Gasteiger partial charge on any atom is 0.615 e. The molecule has 0 amide bonds. The molecule has 0 aromatic carbocycles. The molecule has 3 aromatic heterocycles. The third-order valence-corrected chi connectivity index (χ3v) is 10.9. The van der Waals surface area contributed by atoms with Crippen LogP contribution in [0.1, 0.15) is 18.0 Å². The molecular formula is C24H38N11O9P2+. The lowest BCUT2D eigenvalue weighted by Crippen LogP contribution is -2.49. The zero-order valence-electron chi connectivity index (χ0n) is 26.0. The van der Waals surface area contributed by atoms with Gasteiger partial charge in [0.05, 0.1) is 25.6 Å². The summed E-state index contributed by atoms with van der Waals surface area (Å²) in [7, 11) is 0.494. The van der Waals surface area contributed by atoms with E-state index >= 15 is 0 Å². The van der Waals surface area contributed by atoms with Crippen LogP contribution in [-0.4, -0.2) is 123 Å². The van der Waals surface area contributed by atoms with Crippen LogP contribution in [0.4, 0.5) is 5.95 Å². The molecule has 0 spiro atoms. The lowest BCUT2D eigenvalue weighted by molar-refractivity contribution is -0.118. The van der Waals surface area contributed by atoms with E-state index in [0.29, 0.717) is 18.7 Å². The van der Waals surface area contributed by atoms with Crippen molar-refractivity contribution in [1.29, 1.82) is 0 Å². The number of hydrogen-bond donors (Lipinski definition) is 4. The minimum absolute atomic E-state index is 0.0179. The molecule has 0 bridgehead atoms. The number of anilines is 1. The summed E-state index contributed by atoms with van der Waals surface area (Å²) in [6, 6.07) is 0. The van der Waals surface area contributed by atoms with Crippen molar-refractivity contribution in [3.63, 3.8) is 0 Å². The minimum Gasteiger partial charge on any atom is -0.369 e. The number of fused-ring (bicyclic) bond motifs is 1. The average Bonchev–Trinajstić information content (AvgIpc) is 3.44. The third-order valence-electron chi connectivity index (χ3n) is 7.38. The van der Waals surface area contributed by atoms with E-state index in [9.17, 15) is 23.5 Å². The van der Waals surface area contributed by atoms with Gasteiger partial charge in [-0.1, -0.05) is 4.67 Å². The summed E-state index contributed by atoms with van der Waals surface area (Å²) in [5.74, 6) is -0.115. The van der Waals surface area contributed by atoms with Crippen LogP contribution in [-0.2, 0) is 27.7 Å². The van der Waals surface area contributed by atoms with Crippen molar-refractivity contribution < 1.29 is 27.7 Å². The molecule has 252 valence electrons. The second-order valence-corrected chi connectivity index (χ2v) is 15.4. The molecule has 2 aliphatic heterocycles. The van der Waals surface area contributed by atoms with Crippen LogP contribution in [0.25, 0.3) is 11.2 Å². The van der Waals surface area contributed by atoms with Crippen LogP contribution in [0.5, 0.6) is 0 Å². The van der Waals surface area contributed by atoms with Crippen LogP contribution < -0.4 is 27.9 Å². The molecule has 5 rings (SSSR count). The quantitative estimate of drug-likeness (QED) is 0.180. The van der Waals surface area contributed by atoms with E-state index < -0.39 is 57.3 Å². The fourth-order valence-corrected chi connectivity index (χ4v) is 7.56. The van der Waals surface area contributed by atoms with Crippen LogP contribution in [0, 0.1) is 6.92 Å². The highest BCUT2D eigenvalue weighted by atomic mass is 31.2. The van der Waals surface area contributed by atoms with E-state index in [1.165, 1.54) is 31.0 Å². The molecule has 5 heterocycles. The second-order valence-electron chi connectivity index (χ2n) is 11.2. The van der Waals surface area contributed by atoms with Crippen molar-refractivity contribution in [2.75, 3.05) is 73.3 Å². The number of aryl methyl sites for hydroxylation is 1. The molecule has 22 heteroatoms. The first kappa shape index (κ1) is 34.2. The number of nitrogen functional groups attached to an aromatic ring is 1. The number of morpholine rings is 2. The summed E-state index contributed by atoms with van der Waals surface area (Å²) in [6.07, 6.45) is -0.154. The summed E-state index contributed by atoms with van der Waals surface area (Å²) >= 11 is 0. The van der Waals surface area contributed by atoms with Gasteiger partial charge in [0.2, 0.25) is 5.95 Å². The monoisotopic (exact) mass is 686 g/mol. The molecule has 3 aromatic rings. The summed E-state index contributed by atoms with van der Waals surface area (Å²) in [6.45, 7) is 2.10. The van der Waals surface area contributed by atoms with Gasteiger partial charge in [0, 0.05) is 45.5 Å². The Morgan fingerprint density at radius 3 is 2.50 bits per heavy atom. The van der Waals surface area contributed by atoms with Gasteiger partial charge < -0.3 is 25.0 Å². The molecule has 46 heavy (non-hydrogen) atoms. The number of rotatable bonds is 11. The fourth-order valence-electron chi connectivity index (χ4n) is 5.04. The second kappa shape index (κ2) is 13.9. The molecule has 0 aliphatic carbocycles. The van der Waals surface area contributed by atoms with Gasteiger partial charge in [-0.05, 0) is 25.6 Å². The number of nitrogens with two attached hydrogens (primary N) is 1. The Morgan fingerprint density at radius 1 is 1.04 bits per heavy atom. The van der Waals surface area contributed by atoms with Gasteiger partial charge >= 0.3 is 21.5 Å². The maximum atomic E-state index is 14.7. The highest BCUT2D eigenvalue weighted by Gasteiger charge is 2.44. The highest BCUT2D eigenvalue weighted by Crippen LogP contribution is 2.54. The number of nitrogens with zero attached hydrogens (tertiary/aromatic N) is 7. The van der Waals surface area contributed by atoms with Crippen molar-refractivity contribution in [2.24, 2.45) is 0 Å². The number of aromatic amines is 2. The smallest absolute Gasteiger partial charge is 0.369 e. The lowest BCUT2D eigenvalue weighted by atomic mass is 10.3. The minimum atomic E-state index is -3.79. The van der Waals surface area contributed by atoms with Gasteiger partial charge in [0.1, 0.15) is 18.9 Å². The molecule has 20 nitrogen and oxygen atoms in total. The van der Waals surface area contributed by atoms with E-state index in [-0.39, 0.29) is 43.4 Å². The topological polar surface area (TPSA) is 237 Å². The normalized spacial score (nSPS) is 24.5. The van der Waals surface area contributed by atoms with Crippen LogP contribution >= 0.6 is 15.8 Å². The number of imidazole rings is 1. The largest absolute Gasteiger partial charge is 0.615 e. The molecule has 2 fully saturated rings. The summed E-state index contributed by atoms with van der Waals surface area (Å²) in [5.41, 5.74) is 4.72. The molecule has 2 unspecified atom stereocenters. The fraction of sp³-hybridized carbons (Fsp3) is 0.625. The van der Waals surface area contributed by atoms with Crippen molar-refractivity contribution in [2.45, 2.75) is 31.6 Å². The number of hydrogen-bond acceptors (Lipinski definition) is 13. The lowest BCUT2D eigenvalue weighted by Gasteiger charge is -2.43. The van der Waals surface area contributed by atoms with Gasteiger partial charge in [-0.25, -0.2) is 19.1 Å². The third kappa shape index (κ3) is 7.21. The van der Waals surface area contributed by atoms with Crippen molar-refractivity contribution in [1.82, 2.24) is 48.4 Å². The first-order valence-electron chi connectivity index (χ1n) is 14.3. The highest BCUT2D eigenvalue weighted by molar-refractivity contribution is 7.53. The Labute approximate surface area is 263 Å². The van der Waals surface area contributed by atoms with Crippen LogP contribution in [0.15, 0.2) is 26.9 Å².